The molecule has 116 valence electrons. The molecule has 4 aromatic rings. The number of fused-ring (bicyclic) bond motifs is 4. The molecule has 4 heteroatoms. The second-order valence-corrected chi connectivity index (χ2v) is 6.76. The Labute approximate surface area is 139 Å². The number of aromatic amines is 1. The number of aromatic nitrogens is 4. The Balaban J connectivity index is 1.77. The first kappa shape index (κ1) is 13.4. The highest BCUT2D eigenvalue weighted by atomic mass is 15.0. The van der Waals surface area contributed by atoms with E-state index in [2.05, 4.69) is 65.2 Å². The lowest BCUT2D eigenvalue weighted by Crippen LogP contribution is -2.14. The van der Waals surface area contributed by atoms with Crippen LogP contribution >= 0.6 is 0 Å². The minimum Gasteiger partial charge on any atom is -0.337 e. The van der Waals surface area contributed by atoms with Gasteiger partial charge in [-0.05, 0) is 34.4 Å². The molecule has 0 bridgehead atoms. The molecule has 0 unspecified atom stereocenters. The van der Waals surface area contributed by atoms with Gasteiger partial charge in [0.25, 0.3) is 0 Å². The largest absolute Gasteiger partial charge is 0.337 e. The minimum absolute atomic E-state index is 0.00204. The molecule has 0 aliphatic heterocycles. The van der Waals surface area contributed by atoms with Crippen LogP contribution in [0.1, 0.15) is 25.0 Å². The standard InChI is InChI=1S/C20H16N4/c1-20(2)14-6-4-3-5-12(14)13-9-16-17(10-15(13)20)24-19(23-16)18-11-21-7-8-22-18/h3-11H,1-2H3,(H,23,24). The maximum absolute atomic E-state index is 4.72. The van der Waals surface area contributed by atoms with Gasteiger partial charge in [0.05, 0.1) is 17.2 Å². The van der Waals surface area contributed by atoms with E-state index in [1.807, 2.05) is 0 Å². The Morgan fingerprint density at radius 3 is 2.67 bits per heavy atom. The first-order valence-corrected chi connectivity index (χ1v) is 8.05. The van der Waals surface area contributed by atoms with Crippen molar-refractivity contribution in [1.82, 2.24) is 19.9 Å². The van der Waals surface area contributed by atoms with E-state index >= 15 is 0 Å². The van der Waals surface area contributed by atoms with Gasteiger partial charge in [0.2, 0.25) is 0 Å². The van der Waals surface area contributed by atoms with Crippen LogP contribution in [0.3, 0.4) is 0 Å². The highest BCUT2D eigenvalue weighted by Gasteiger charge is 2.35. The molecule has 2 aromatic heterocycles. The van der Waals surface area contributed by atoms with Crippen LogP contribution in [-0.4, -0.2) is 19.9 Å². The zero-order valence-corrected chi connectivity index (χ0v) is 13.5. The van der Waals surface area contributed by atoms with Gasteiger partial charge in [0.15, 0.2) is 5.82 Å². The molecule has 0 spiro atoms. The molecule has 1 aliphatic carbocycles. The van der Waals surface area contributed by atoms with Gasteiger partial charge >= 0.3 is 0 Å². The first-order chi connectivity index (χ1) is 11.6. The van der Waals surface area contributed by atoms with Crippen LogP contribution in [0.5, 0.6) is 0 Å². The summed E-state index contributed by atoms with van der Waals surface area (Å²) >= 11 is 0. The van der Waals surface area contributed by atoms with Gasteiger partial charge in [-0.1, -0.05) is 38.1 Å². The van der Waals surface area contributed by atoms with Crippen molar-refractivity contribution in [3.05, 3.63) is 66.1 Å². The molecule has 0 saturated heterocycles. The summed E-state index contributed by atoms with van der Waals surface area (Å²) in [5, 5.41) is 0. The monoisotopic (exact) mass is 312 g/mol. The Bertz CT molecular complexity index is 1080. The van der Waals surface area contributed by atoms with Crippen LogP contribution in [0.4, 0.5) is 0 Å². The molecule has 1 aliphatic rings. The van der Waals surface area contributed by atoms with Crippen LogP contribution in [-0.2, 0) is 5.41 Å². The lowest BCUT2D eigenvalue weighted by molar-refractivity contribution is 0.661. The summed E-state index contributed by atoms with van der Waals surface area (Å²) in [7, 11) is 0. The molecule has 2 aromatic carbocycles. The second-order valence-electron chi connectivity index (χ2n) is 6.76. The summed E-state index contributed by atoms with van der Waals surface area (Å²) in [6.45, 7) is 4.56. The minimum atomic E-state index is -0.00204. The van der Waals surface area contributed by atoms with Crippen molar-refractivity contribution in [2.24, 2.45) is 0 Å². The molecule has 0 amide bonds. The molecule has 2 heterocycles. The third-order valence-corrected chi connectivity index (χ3v) is 4.99. The van der Waals surface area contributed by atoms with E-state index in [1.54, 1.807) is 18.6 Å². The van der Waals surface area contributed by atoms with E-state index in [-0.39, 0.29) is 5.41 Å². The number of imidazole rings is 1. The highest BCUT2D eigenvalue weighted by molar-refractivity contribution is 5.91. The smallest absolute Gasteiger partial charge is 0.158 e. The lowest BCUT2D eigenvalue weighted by Gasteiger charge is -2.21. The molecule has 5 rings (SSSR count). The number of nitrogens with zero attached hydrogens (tertiary/aromatic N) is 3. The van der Waals surface area contributed by atoms with Gasteiger partial charge in [0, 0.05) is 17.8 Å². The third-order valence-electron chi connectivity index (χ3n) is 4.99. The molecule has 4 nitrogen and oxygen atoms in total. The highest BCUT2D eigenvalue weighted by Crippen LogP contribution is 2.49. The quantitative estimate of drug-likeness (QED) is 0.569. The Morgan fingerprint density at radius 2 is 1.83 bits per heavy atom. The molecular weight excluding hydrogens is 296 g/mol. The van der Waals surface area contributed by atoms with E-state index in [4.69, 9.17) is 4.98 Å². The van der Waals surface area contributed by atoms with Crippen molar-refractivity contribution in [3.8, 4) is 22.6 Å². The van der Waals surface area contributed by atoms with Gasteiger partial charge in [-0.3, -0.25) is 4.98 Å². The van der Waals surface area contributed by atoms with Gasteiger partial charge in [-0.25, -0.2) is 9.97 Å². The van der Waals surface area contributed by atoms with Crippen molar-refractivity contribution >= 4 is 11.0 Å². The van der Waals surface area contributed by atoms with Crippen molar-refractivity contribution in [1.29, 1.82) is 0 Å². The molecule has 0 atom stereocenters. The molecule has 1 N–H and O–H groups in total. The summed E-state index contributed by atoms with van der Waals surface area (Å²) in [4.78, 5) is 16.6. The SMILES string of the molecule is CC1(C)c2ccccc2-c2cc3nc(-c4cnccn4)[nH]c3cc21. The van der Waals surface area contributed by atoms with Gasteiger partial charge in [-0.2, -0.15) is 0 Å². The molecule has 0 saturated carbocycles. The van der Waals surface area contributed by atoms with Gasteiger partial charge in [-0.15, -0.1) is 0 Å². The van der Waals surface area contributed by atoms with Gasteiger partial charge in [0.1, 0.15) is 5.69 Å². The van der Waals surface area contributed by atoms with Gasteiger partial charge < -0.3 is 4.98 Å². The number of H-pyrrole nitrogens is 1. The van der Waals surface area contributed by atoms with Crippen LogP contribution < -0.4 is 0 Å². The zero-order chi connectivity index (χ0) is 16.3. The second kappa shape index (κ2) is 4.51. The van der Waals surface area contributed by atoms with Crippen molar-refractivity contribution in [3.63, 3.8) is 0 Å². The summed E-state index contributed by atoms with van der Waals surface area (Å²) < 4.78 is 0. The first-order valence-electron chi connectivity index (χ1n) is 8.05. The molecule has 0 radical (unpaired) electrons. The van der Waals surface area contributed by atoms with E-state index in [1.165, 1.54) is 22.3 Å². The maximum Gasteiger partial charge on any atom is 0.158 e. The average molecular weight is 312 g/mol. The van der Waals surface area contributed by atoms with E-state index < -0.39 is 0 Å². The third kappa shape index (κ3) is 1.71. The van der Waals surface area contributed by atoms with Crippen LogP contribution in [0, 0.1) is 0 Å². The predicted molar refractivity (Wildman–Crippen MR) is 94.7 cm³/mol. The Kier molecular flexibility index (Phi) is 2.52. The number of hydrogen-bond donors (Lipinski definition) is 1. The predicted octanol–water partition coefficient (Wildman–Crippen LogP) is 4.33. The van der Waals surface area contributed by atoms with E-state index in [9.17, 15) is 0 Å². The zero-order valence-electron chi connectivity index (χ0n) is 13.5. The van der Waals surface area contributed by atoms with E-state index in [0.29, 0.717) is 0 Å². The van der Waals surface area contributed by atoms with E-state index in [0.717, 1.165) is 22.6 Å². The molecular formula is C20H16N4. The average Bonchev–Trinajstić information content (AvgIpc) is 3.12. The topological polar surface area (TPSA) is 54.5 Å². The number of hydrogen-bond acceptors (Lipinski definition) is 3. The fraction of sp³-hybridized carbons (Fsp3) is 0.150. The summed E-state index contributed by atoms with van der Waals surface area (Å²) in [5.41, 5.74) is 8.06. The Hall–Kier alpha value is -3.01. The normalized spacial score (nSPS) is 14.6. The van der Waals surface area contributed by atoms with Crippen molar-refractivity contribution in [2.45, 2.75) is 19.3 Å². The fourth-order valence-corrected chi connectivity index (χ4v) is 3.75. The summed E-state index contributed by atoms with van der Waals surface area (Å²) in [6, 6.07) is 13.1. The van der Waals surface area contributed by atoms with Crippen LogP contribution in [0.25, 0.3) is 33.7 Å². The maximum atomic E-state index is 4.72. The number of rotatable bonds is 1. The Morgan fingerprint density at radius 1 is 0.958 bits per heavy atom. The number of nitrogens with one attached hydrogen (secondary N) is 1. The van der Waals surface area contributed by atoms with Crippen molar-refractivity contribution in [2.75, 3.05) is 0 Å². The number of benzene rings is 2. The lowest BCUT2D eigenvalue weighted by atomic mass is 9.82. The summed E-state index contributed by atoms with van der Waals surface area (Å²) in [5.74, 6) is 0.757. The van der Waals surface area contributed by atoms with Crippen LogP contribution in [0.15, 0.2) is 55.0 Å². The fourth-order valence-electron chi connectivity index (χ4n) is 3.75. The summed E-state index contributed by atoms with van der Waals surface area (Å²) in [6.07, 6.45) is 5.08. The molecule has 24 heavy (non-hydrogen) atoms. The van der Waals surface area contributed by atoms with Crippen LogP contribution in [0.2, 0.25) is 0 Å². The molecule has 0 fully saturated rings. The van der Waals surface area contributed by atoms with Crippen molar-refractivity contribution < 1.29 is 0 Å².